The summed E-state index contributed by atoms with van der Waals surface area (Å²) in [6.45, 7) is 0.760. The van der Waals surface area contributed by atoms with Crippen molar-refractivity contribution in [2.75, 3.05) is 6.54 Å². The van der Waals surface area contributed by atoms with E-state index < -0.39 is 0 Å². The number of piperidine rings is 2. The summed E-state index contributed by atoms with van der Waals surface area (Å²) in [6.07, 6.45) is 2.44. The number of rotatable bonds is 0. The molecule has 2 saturated heterocycles. The summed E-state index contributed by atoms with van der Waals surface area (Å²) in [5, 5.41) is 5.47. The van der Waals surface area contributed by atoms with Crippen molar-refractivity contribution in [3.8, 4) is 0 Å². The fourth-order valence-electron chi connectivity index (χ4n) is 1.93. The van der Waals surface area contributed by atoms with Gasteiger partial charge >= 0.3 is 0 Å². The second-order valence-electron chi connectivity index (χ2n) is 3.42. The van der Waals surface area contributed by atoms with Gasteiger partial charge in [-0.3, -0.25) is 9.59 Å². The van der Waals surface area contributed by atoms with E-state index >= 15 is 0 Å². The number of carbonyl (C=O) groups excluding carboxylic acids is 2. The van der Waals surface area contributed by atoms with Crippen molar-refractivity contribution < 1.29 is 9.59 Å². The Kier molecular flexibility index (Phi) is 1.75. The van der Waals surface area contributed by atoms with Crippen molar-refractivity contribution >= 4 is 11.8 Å². The molecule has 2 rings (SSSR count). The van der Waals surface area contributed by atoms with Crippen molar-refractivity contribution in [3.05, 3.63) is 0 Å². The van der Waals surface area contributed by atoms with Crippen LogP contribution in [0.5, 0.6) is 0 Å². The molecule has 2 N–H and O–H groups in total. The van der Waals surface area contributed by atoms with Gasteiger partial charge in [-0.05, 0) is 18.8 Å². The van der Waals surface area contributed by atoms with Crippen LogP contribution in [-0.4, -0.2) is 24.4 Å². The molecule has 12 heavy (non-hydrogen) atoms. The van der Waals surface area contributed by atoms with Gasteiger partial charge in [-0.25, -0.2) is 0 Å². The third kappa shape index (κ3) is 1.17. The molecule has 2 atom stereocenters. The molecule has 2 aliphatic rings. The van der Waals surface area contributed by atoms with E-state index in [0.717, 1.165) is 19.4 Å². The van der Waals surface area contributed by atoms with Gasteiger partial charge in [0, 0.05) is 13.0 Å². The minimum Gasteiger partial charge on any atom is -0.354 e. The Morgan fingerprint density at radius 2 is 2.08 bits per heavy atom. The predicted octanol–water partition coefficient (Wildman–Crippen LogP) is -0.599. The summed E-state index contributed by atoms with van der Waals surface area (Å²) in [7, 11) is 0. The van der Waals surface area contributed by atoms with Gasteiger partial charge in [0.1, 0.15) is 6.04 Å². The topological polar surface area (TPSA) is 58.2 Å². The number of carbonyl (C=O) groups is 2. The molecule has 0 saturated carbocycles. The van der Waals surface area contributed by atoms with Gasteiger partial charge in [0.25, 0.3) is 0 Å². The van der Waals surface area contributed by atoms with Crippen LogP contribution < -0.4 is 10.6 Å². The first kappa shape index (κ1) is 7.58. The number of nitrogens with one attached hydrogen (secondary N) is 2. The highest BCUT2D eigenvalue weighted by atomic mass is 16.2. The maximum atomic E-state index is 11.2. The summed E-state index contributed by atoms with van der Waals surface area (Å²) < 4.78 is 0. The Morgan fingerprint density at radius 3 is 2.92 bits per heavy atom. The second-order valence-corrected chi connectivity index (χ2v) is 3.42. The minimum atomic E-state index is -0.250. The fraction of sp³-hybridized carbons (Fsp3) is 0.750. The third-order valence-corrected chi connectivity index (χ3v) is 2.63. The quantitative estimate of drug-likeness (QED) is 0.507. The molecule has 0 spiro atoms. The highest BCUT2D eigenvalue weighted by Crippen LogP contribution is 2.22. The van der Waals surface area contributed by atoms with E-state index in [9.17, 15) is 9.59 Å². The van der Waals surface area contributed by atoms with Crippen LogP contribution in [0.2, 0.25) is 0 Å². The number of hydrogen-bond donors (Lipinski definition) is 2. The Labute approximate surface area is 70.7 Å². The molecule has 2 amide bonds. The molecule has 0 aromatic carbocycles. The zero-order valence-corrected chi connectivity index (χ0v) is 6.80. The largest absolute Gasteiger partial charge is 0.354 e. The summed E-state index contributed by atoms with van der Waals surface area (Å²) in [6, 6.07) is -0.250. The first-order chi connectivity index (χ1) is 5.77. The van der Waals surface area contributed by atoms with Crippen molar-refractivity contribution in [2.24, 2.45) is 5.92 Å². The molecule has 0 bridgehead atoms. The summed E-state index contributed by atoms with van der Waals surface area (Å²) in [5.74, 6) is 0.365. The molecule has 2 unspecified atom stereocenters. The summed E-state index contributed by atoms with van der Waals surface area (Å²) >= 11 is 0. The number of hydrogen-bond acceptors (Lipinski definition) is 2. The molecule has 2 aliphatic heterocycles. The van der Waals surface area contributed by atoms with E-state index in [2.05, 4.69) is 10.6 Å². The number of fused-ring (bicyclic) bond motifs is 1. The molecule has 66 valence electrons. The third-order valence-electron chi connectivity index (χ3n) is 2.63. The normalized spacial score (nSPS) is 35.0. The van der Waals surface area contributed by atoms with Crippen molar-refractivity contribution in [1.82, 2.24) is 10.6 Å². The molecule has 0 aliphatic carbocycles. The van der Waals surface area contributed by atoms with Crippen molar-refractivity contribution in [1.29, 1.82) is 0 Å². The maximum Gasteiger partial charge on any atom is 0.242 e. The van der Waals surface area contributed by atoms with Gasteiger partial charge in [0.15, 0.2) is 0 Å². The smallest absolute Gasteiger partial charge is 0.242 e. The van der Waals surface area contributed by atoms with Crippen molar-refractivity contribution in [2.45, 2.75) is 25.3 Å². The van der Waals surface area contributed by atoms with E-state index in [4.69, 9.17) is 0 Å². The van der Waals surface area contributed by atoms with Crippen LogP contribution in [0.1, 0.15) is 19.3 Å². The average molecular weight is 168 g/mol. The standard InChI is InChI=1S/C8H12N2O2/c11-6-2-1-5-3-4-9-8(12)7(5)10-6/h5,7H,1-4H2,(H,9,12)(H,10,11). The molecule has 4 heteroatoms. The SMILES string of the molecule is O=C1CCC2CCNC(=O)C2N1. The van der Waals surface area contributed by atoms with Crippen LogP contribution in [0.15, 0.2) is 0 Å². The lowest BCUT2D eigenvalue weighted by Gasteiger charge is -2.34. The Bertz CT molecular complexity index is 227. The zero-order chi connectivity index (χ0) is 8.55. The Balaban J connectivity index is 2.10. The van der Waals surface area contributed by atoms with E-state index in [0.29, 0.717) is 12.3 Å². The predicted molar refractivity (Wildman–Crippen MR) is 42.3 cm³/mol. The molecule has 2 heterocycles. The molecule has 0 aromatic rings. The molecular formula is C8H12N2O2. The molecule has 0 aromatic heterocycles. The fourth-order valence-corrected chi connectivity index (χ4v) is 1.93. The lowest BCUT2D eigenvalue weighted by Crippen LogP contribution is -2.57. The zero-order valence-electron chi connectivity index (χ0n) is 6.80. The van der Waals surface area contributed by atoms with Crippen LogP contribution >= 0.6 is 0 Å². The van der Waals surface area contributed by atoms with Crippen LogP contribution in [-0.2, 0) is 9.59 Å². The summed E-state index contributed by atoms with van der Waals surface area (Å²) in [4.78, 5) is 22.2. The Hall–Kier alpha value is -1.06. The van der Waals surface area contributed by atoms with Gasteiger partial charge in [0.05, 0.1) is 0 Å². The average Bonchev–Trinajstić information content (AvgIpc) is 2.07. The van der Waals surface area contributed by atoms with Crippen LogP contribution in [0.3, 0.4) is 0 Å². The first-order valence-corrected chi connectivity index (χ1v) is 4.34. The highest BCUT2D eigenvalue weighted by molar-refractivity contribution is 5.89. The van der Waals surface area contributed by atoms with Gasteiger partial charge in [-0.15, -0.1) is 0 Å². The van der Waals surface area contributed by atoms with Gasteiger partial charge in [0.2, 0.25) is 11.8 Å². The maximum absolute atomic E-state index is 11.2. The molecule has 0 radical (unpaired) electrons. The van der Waals surface area contributed by atoms with Crippen molar-refractivity contribution in [3.63, 3.8) is 0 Å². The van der Waals surface area contributed by atoms with E-state index in [1.165, 1.54) is 0 Å². The van der Waals surface area contributed by atoms with Crippen LogP contribution in [0.25, 0.3) is 0 Å². The minimum absolute atomic E-state index is 0.00769. The van der Waals surface area contributed by atoms with Crippen LogP contribution in [0.4, 0.5) is 0 Å². The van der Waals surface area contributed by atoms with Gasteiger partial charge in [-0.1, -0.05) is 0 Å². The lowest BCUT2D eigenvalue weighted by molar-refractivity contribution is -0.134. The first-order valence-electron chi connectivity index (χ1n) is 4.34. The summed E-state index contributed by atoms with van der Waals surface area (Å²) in [5.41, 5.74) is 0. The lowest BCUT2D eigenvalue weighted by atomic mass is 9.85. The van der Waals surface area contributed by atoms with Gasteiger partial charge < -0.3 is 10.6 Å². The van der Waals surface area contributed by atoms with E-state index in [1.807, 2.05) is 0 Å². The molecular weight excluding hydrogens is 156 g/mol. The number of amides is 2. The monoisotopic (exact) mass is 168 g/mol. The van der Waals surface area contributed by atoms with Gasteiger partial charge in [-0.2, -0.15) is 0 Å². The molecule has 4 nitrogen and oxygen atoms in total. The second kappa shape index (κ2) is 2.77. The Morgan fingerprint density at radius 1 is 1.25 bits per heavy atom. The van der Waals surface area contributed by atoms with Crippen LogP contribution in [0, 0.1) is 5.92 Å². The molecule has 2 fully saturated rings. The van der Waals surface area contributed by atoms with E-state index in [1.54, 1.807) is 0 Å². The highest BCUT2D eigenvalue weighted by Gasteiger charge is 2.36. The van der Waals surface area contributed by atoms with E-state index in [-0.39, 0.29) is 17.9 Å².